The van der Waals surface area contributed by atoms with E-state index in [1.54, 1.807) is 12.1 Å². The number of likely N-dealkylation sites (tertiary alicyclic amines) is 1. The topological polar surface area (TPSA) is 52.7 Å². The molecule has 1 aromatic carbocycles. The van der Waals surface area contributed by atoms with Crippen LogP contribution in [0.3, 0.4) is 0 Å². The van der Waals surface area contributed by atoms with Gasteiger partial charge in [0.15, 0.2) is 0 Å². The molecule has 3 aliphatic rings. The van der Waals surface area contributed by atoms with Crippen molar-refractivity contribution in [1.82, 2.24) is 15.1 Å². The smallest absolute Gasteiger partial charge is 0.223 e. The zero-order valence-electron chi connectivity index (χ0n) is 17.7. The third-order valence-electron chi connectivity index (χ3n) is 7.14. The Hall–Kier alpha value is -1.66. The first-order valence-electron chi connectivity index (χ1n) is 11.1. The van der Waals surface area contributed by atoms with Crippen molar-refractivity contribution >= 4 is 24.2 Å². The monoisotopic (exact) mass is 437 g/mol. The molecule has 2 saturated heterocycles. The molecule has 1 aliphatic carbocycles. The quantitative estimate of drug-likeness (QED) is 0.766. The summed E-state index contributed by atoms with van der Waals surface area (Å²) in [5.41, 5.74) is 0.861. The molecule has 166 valence electrons. The van der Waals surface area contributed by atoms with Crippen LogP contribution in [0.25, 0.3) is 0 Å². The Morgan fingerprint density at radius 3 is 2.67 bits per heavy atom. The molecule has 7 heteroatoms. The summed E-state index contributed by atoms with van der Waals surface area (Å²) in [5.74, 6) is 0.510. The van der Waals surface area contributed by atoms with Gasteiger partial charge in [0.25, 0.3) is 0 Å². The summed E-state index contributed by atoms with van der Waals surface area (Å²) in [6.07, 6.45) is 6.24. The largest absolute Gasteiger partial charge is 0.343 e. The highest BCUT2D eigenvalue weighted by Gasteiger charge is 2.46. The van der Waals surface area contributed by atoms with E-state index >= 15 is 0 Å². The van der Waals surface area contributed by atoms with Crippen LogP contribution in [0.4, 0.5) is 4.39 Å². The highest BCUT2D eigenvalue weighted by molar-refractivity contribution is 5.85. The molecule has 1 saturated carbocycles. The van der Waals surface area contributed by atoms with Crippen LogP contribution in [0, 0.1) is 17.7 Å². The van der Waals surface area contributed by atoms with Gasteiger partial charge < -0.3 is 15.1 Å². The predicted molar refractivity (Wildman–Crippen MR) is 117 cm³/mol. The molecule has 2 heterocycles. The first-order valence-corrected chi connectivity index (χ1v) is 11.1. The van der Waals surface area contributed by atoms with Crippen molar-refractivity contribution in [2.45, 2.75) is 57.0 Å². The number of carbonyl (C=O) groups is 2. The summed E-state index contributed by atoms with van der Waals surface area (Å²) in [6.45, 7) is 2.42. The van der Waals surface area contributed by atoms with Crippen molar-refractivity contribution in [2.24, 2.45) is 11.8 Å². The molecule has 3 fully saturated rings. The lowest BCUT2D eigenvalue weighted by Gasteiger charge is -2.32. The third-order valence-corrected chi connectivity index (χ3v) is 7.14. The minimum absolute atomic E-state index is 0. The maximum Gasteiger partial charge on any atom is 0.223 e. The minimum Gasteiger partial charge on any atom is -0.343 e. The molecular formula is C23H33ClFN3O2. The highest BCUT2D eigenvalue weighted by atomic mass is 35.5. The van der Waals surface area contributed by atoms with Gasteiger partial charge in [-0.25, -0.2) is 4.39 Å². The van der Waals surface area contributed by atoms with Gasteiger partial charge in [-0.05, 0) is 36.5 Å². The van der Waals surface area contributed by atoms with Crippen molar-refractivity contribution in [1.29, 1.82) is 0 Å². The third kappa shape index (κ3) is 4.80. The van der Waals surface area contributed by atoms with Crippen LogP contribution in [-0.4, -0.2) is 54.3 Å². The molecule has 0 bridgehead atoms. The molecule has 2 amide bonds. The second-order valence-corrected chi connectivity index (χ2v) is 8.92. The second kappa shape index (κ2) is 10.1. The fourth-order valence-corrected chi connectivity index (χ4v) is 5.50. The summed E-state index contributed by atoms with van der Waals surface area (Å²) in [5, 5.41) is 3.41. The van der Waals surface area contributed by atoms with Crippen LogP contribution in [0.1, 0.15) is 56.6 Å². The standard InChI is InChI=1S/C23H32FN3O2.ClH/c1-26(19-8-3-2-4-9-19)21(28)10-11-22(29)27-15-17-13-25-14-20(17)23(27)16-6-5-7-18(24)12-16;/h5-7,12,17,19-20,23,25H,2-4,8-11,13-15H2,1H3;1H/t17-,20-,23+;/m0./s1. The van der Waals surface area contributed by atoms with Crippen LogP contribution < -0.4 is 5.32 Å². The number of halogens is 2. The van der Waals surface area contributed by atoms with E-state index in [-0.39, 0.29) is 48.9 Å². The first kappa shape index (κ1) is 23.0. The van der Waals surface area contributed by atoms with Crippen molar-refractivity contribution < 1.29 is 14.0 Å². The molecular weight excluding hydrogens is 405 g/mol. The van der Waals surface area contributed by atoms with Crippen LogP contribution in [-0.2, 0) is 9.59 Å². The molecule has 0 radical (unpaired) electrons. The van der Waals surface area contributed by atoms with Crippen molar-refractivity contribution in [3.63, 3.8) is 0 Å². The van der Waals surface area contributed by atoms with Crippen LogP contribution in [0.15, 0.2) is 24.3 Å². The van der Waals surface area contributed by atoms with Crippen LogP contribution >= 0.6 is 12.4 Å². The van der Waals surface area contributed by atoms with Gasteiger partial charge in [0.05, 0.1) is 6.04 Å². The van der Waals surface area contributed by atoms with Crippen molar-refractivity contribution in [3.05, 3.63) is 35.6 Å². The first-order chi connectivity index (χ1) is 14.0. The van der Waals surface area contributed by atoms with Gasteiger partial charge in [0.2, 0.25) is 11.8 Å². The number of hydrogen-bond donors (Lipinski definition) is 1. The molecule has 3 atom stereocenters. The van der Waals surface area contributed by atoms with Crippen molar-refractivity contribution in [3.8, 4) is 0 Å². The van der Waals surface area contributed by atoms with E-state index in [1.165, 1.54) is 25.3 Å². The average molecular weight is 438 g/mol. The van der Waals surface area contributed by atoms with Gasteiger partial charge in [-0.3, -0.25) is 9.59 Å². The number of nitrogens with one attached hydrogen (secondary N) is 1. The Morgan fingerprint density at radius 2 is 1.93 bits per heavy atom. The maximum atomic E-state index is 13.8. The maximum absolute atomic E-state index is 13.8. The second-order valence-electron chi connectivity index (χ2n) is 8.92. The molecule has 4 rings (SSSR count). The Labute approximate surface area is 184 Å². The Kier molecular flexibility index (Phi) is 7.75. The van der Waals surface area contributed by atoms with Gasteiger partial charge in [0.1, 0.15) is 5.82 Å². The minimum atomic E-state index is -0.270. The van der Waals surface area contributed by atoms with Crippen molar-refractivity contribution in [2.75, 3.05) is 26.7 Å². The van der Waals surface area contributed by atoms with Gasteiger partial charge >= 0.3 is 0 Å². The SMILES string of the molecule is CN(C(=O)CCC(=O)N1C[C@@H]2CNC[C@@H]2[C@H]1c1cccc(F)c1)C1CCCCC1.Cl. The molecule has 0 unspecified atom stereocenters. The van der Waals surface area contributed by atoms with Gasteiger partial charge in [0, 0.05) is 51.5 Å². The molecule has 30 heavy (non-hydrogen) atoms. The summed E-state index contributed by atoms with van der Waals surface area (Å²) in [6, 6.07) is 6.83. The van der Waals surface area contributed by atoms with E-state index in [0.717, 1.165) is 31.5 Å². The predicted octanol–water partition coefficient (Wildman–Crippen LogP) is 3.54. The Balaban J connectivity index is 0.00000256. The fraction of sp³-hybridized carbons (Fsp3) is 0.652. The number of nitrogens with zero attached hydrogens (tertiary/aromatic N) is 2. The summed E-state index contributed by atoms with van der Waals surface area (Å²) >= 11 is 0. The number of amides is 2. The lowest BCUT2D eigenvalue weighted by molar-refractivity contribution is -0.138. The van der Waals surface area contributed by atoms with E-state index in [0.29, 0.717) is 24.4 Å². The average Bonchev–Trinajstić information content (AvgIpc) is 3.33. The normalized spacial score (nSPS) is 26.2. The lowest BCUT2D eigenvalue weighted by Crippen LogP contribution is -2.39. The van der Waals surface area contributed by atoms with Crippen LogP contribution in [0.2, 0.25) is 0 Å². The number of fused-ring (bicyclic) bond motifs is 1. The van der Waals surface area contributed by atoms with Gasteiger partial charge in [-0.1, -0.05) is 31.4 Å². The Morgan fingerprint density at radius 1 is 1.17 bits per heavy atom. The number of hydrogen-bond acceptors (Lipinski definition) is 3. The summed E-state index contributed by atoms with van der Waals surface area (Å²) in [4.78, 5) is 29.5. The summed E-state index contributed by atoms with van der Waals surface area (Å²) < 4.78 is 13.8. The fourth-order valence-electron chi connectivity index (χ4n) is 5.50. The van der Waals surface area contributed by atoms with E-state index in [9.17, 15) is 14.0 Å². The number of rotatable bonds is 5. The van der Waals surface area contributed by atoms with E-state index in [4.69, 9.17) is 0 Å². The number of carbonyl (C=O) groups excluding carboxylic acids is 2. The van der Waals surface area contributed by atoms with E-state index in [2.05, 4.69) is 5.32 Å². The summed E-state index contributed by atoms with van der Waals surface area (Å²) in [7, 11) is 1.88. The molecule has 1 aromatic rings. The van der Waals surface area contributed by atoms with Crippen LogP contribution in [0.5, 0.6) is 0 Å². The lowest BCUT2D eigenvalue weighted by atomic mass is 9.89. The van der Waals surface area contributed by atoms with E-state index < -0.39 is 0 Å². The molecule has 0 spiro atoms. The Bertz CT molecular complexity index is 756. The highest BCUT2D eigenvalue weighted by Crippen LogP contribution is 2.43. The molecule has 2 aliphatic heterocycles. The molecule has 5 nitrogen and oxygen atoms in total. The zero-order chi connectivity index (χ0) is 20.4. The van der Waals surface area contributed by atoms with Gasteiger partial charge in [-0.2, -0.15) is 0 Å². The van der Waals surface area contributed by atoms with E-state index in [1.807, 2.05) is 22.9 Å². The number of benzene rings is 1. The van der Waals surface area contributed by atoms with Gasteiger partial charge in [-0.15, -0.1) is 12.4 Å². The molecule has 1 N–H and O–H groups in total. The zero-order valence-corrected chi connectivity index (χ0v) is 18.5. The molecule has 0 aromatic heterocycles.